The molecule has 4 aromatic rings. The number of para-hydroxylation sites is 1. The van der Waals surface area contributed by atoms with Gasteiger partial charge in [-0.15, -0.1) is 0 Å². The highest BCUT2D eigenvalue weighted by molar-refractivity contribution is 6.07. The maximum atomic E-state index is 13.7. The van der Waals surface area contributed by atoms with Gasteiger partial charge < -0.3 is 10.1 Å². The van der Waals surface area contributed by atoms with Crippen LogP contribution < -0.4 is 10.1 Å². The number of carbonyl (C=O) groups is 1. The molecule has 1 heterocycles. The molecular weight excluding hydrogens is 441 g/mol. The van der Waals surface area contributed by atoms with Crippen molar-refractivity contribution in [3.63, 3.8) is 0 Å². The summed E-state index contributed by atoms with van der Waals surface area (Å²) >= 11 is 0. The number of halogens is 3. The van der Waals surface area contributed by atoms with Gasteiger partial charge >= 0.3 is 6.18 Å². The fraction of sp³-hybridized carbons (Fsp3) is 0.0909. The highest BCUT2D eigenvalue weighted by atomic mass is 19.4. The lowest BCUT2D eigenvalue weighted by Gasteiger charge is -2.12. The first-order valence-corrected chi connectivity index (χ1v) is 9.48. The van der Waals surface area contributed by atoms with E-state index in [1.165, 1.54) is 73.8 Å². The number of imidazole rings is 1. The molecule has 1 aromatic heterocycles. The molecule has 168 valence electrons. The number of methoxy groups -OCH3 is 1. The quantitative estimate of drug-likeness (QED) is 0.328. The zero-order chi connectivity index (χ0) is 23.8. The van der Waals surface area contributed by atoms with Crippen LogP contribution in [0, 0.1) is 10.1 Å². The number of rotatable bonds is 5. The van der Waals surface area contributed by atoms with Crippen LogP contribution in [-0.4, -0.2) is 27.5 Å². The van der Waals surface area contributed by atoms with Gasteiger partial charge in [-0.2, -0.15) is 13.2 Å². The van der Waals surface area contributed by atoms with Crippen molar-refractivity contribution in [1.29, 1.82) is 0 Å². The molecule has 0 spiro atoms. The summed E-state index contributed by atoms with van der Waals surface area (Å²) in [4.78, 5) is 26.7. The Morgan fingerprint density at radius 1 is 1.09 bits per heavy atom. The van der Waals surface area contributed by atoms with Gasteiger partial charge in [0.2, 0.25) is 5.82 Å². The van der Waals surface area contributed by atoms with Gasteiger partial charge in [0, 0.05) is 23.5 Å². The Morgan fingerprint density at radius 2 is 1.79 bits per heavy atom. The van der Waals surface area contributed by atoms with E-state index in [-0.39, 0.29) is 33.7 Å². The summed E-state index contributed by atoms with van der Waals surface area (Å²) in [6.07, 6.45) is -4.72. The number of nitrogens with zero attached hydrogens (tertiary/aromatic N) is 3. The van der Waals surface area contributed by atoms with Gasteiger partial charge in [0.25, 0.3) is 11.6 Å². The summed E-state index contributed by atoms with van der Waals surface area (Å²) in [6.45, 7) is 0. The monoisotopic (exact) mass is 456 g/mol. The summed E-state index contributed by atoms with van der Waals surface area (Å²) < 4.78 is 47.0. The minimum atomic E-state index is -4.72. The number of nitro groups is 1. The van der Waals surface area contributed by atoms with Gasteiger partial charge in [0.15, 0.2) is 0 Å². The van der Waals surface area contributed by atoms with Crippen LogP contribution in [0.1, 0.15) is 16.2 Å². The molecule has 0 saturated heterocycles. The van der Waals surface area contributed by atoms with Crippen molar-refractivity contribution in [3.05, 3.63) is 88.2 Å². The Bertz CT molecular complexity index is 1360. The van der Waals surface area contributed by atoms with Crippen LogP contribution >= 0.6 is 0 Å². The Morgan fingerprint density at radius 3 is 2.42 bits per heavy atom. The third-order valence-electron chi connectivity index (χ3n) is 4.84. The van der Waals surface area contributed by atoms with Gasteiger partial charge in [0.1, 0.15) is 11.3 Å². The van der Waals surface area contributed by atoms with E-state index in [1.807, 2.05) is 0 Å². The number of benzene rings is 3. The predicted molar refractivity (Wildman–Crippen MR) is 114 cm³/mol. The lowest BCUT2D eigenvalue weighted by molar-refractivity contribution is -0.385. The Hall–Kier alpha value is -4.41. The van der Waals surface area contributed by atoms with Crippen LogP contribution in [0.15, 0.2) is 66.7 Å². The van der Waals surface area contributed by atoms with E-state index in [2.05, 4.69) is 10.3 Å². The molecule has 0 aliphatic carbocycles. The van der Waals surface area contributed by atoms with Crippen LogP contribution in [0.3, 0.4) is 0 Å². The molecule has 0 unspecified atom stereocenters. The summed E-state index contributed by atoms with van der Waals surface area (Å²) in [7, 11) is 1.40. The molecule has 0 saturated carbocycles. The van der Waals surface area contributed by atoms with Gasteiger partial charge in [0.05, 0.1) is 23.1 Å². The molecular formula is C22H15F3N4O4. The van der Waals surface area contributed by atoms with Crippen molar-refractivity contribution in [1.82, 2.24) is 9.55 Å². The lowest BCUT2D eigenvalue weighted by atomic mass is 10.1. The largest absolute Gasteiger partial charge is 0.497 e. The maximum absolute atomic E-state index is 13.7. The summed E-state index contributed by atoms with van der Waals surface area (Å²) in [5.41, 5.74) is 0.248. The second-order valence-electron chi connectivity index (χ2n) is 6.90. The third kappa shape index (κ3) is 4.20. The number of aromatic nitrogens is 2. The summed E-state index contributed by atoms with van der Waals surface area (Å²) in [5, 5.41) is 13.6. The average Bonchev–Trinajstić information content (AvgIpc) is 3.19. The van der Waals surface area contributed by atoms with Gasteiger partial charge in [-0.3, -0.25) is 19.5 Å². The molecule has 1 N–H and O–H groups in total. The Labute approximate surface area is 184 Å². The van der Waals surface area contributed by atoms with E-state index in [9.17, 15) is 28.1 Å². The fourth-order valence-corrected chi connectivity index (χ4v) is 3.36. The molecule has 0 aliphatic heterocycles. The molecule has 0 radical (unpaired) electrons. The number of hydrogen-bond acceptors (Lipinski definition) is 5. The number of amides is 1. The number of alkyl halides is 3. The topological polar surface area (TPSA) is 99.3 Å². The number of nitro benzene ring substituents is 1. The maximum Gasteiger partial charge on any atom is 0.450 e. The van der Waals surface area contributed by atoms with Crippen molar-refractivity contribution in [2.75, 3.05) is 12.4 Å². The second-order valence-corrected chi connectivity index (χ2v) is 6.90. The molecule has 33 heavy (non-hydrogen) atoms. The minimum absolute atomic E-state index is 0.107. The Balaban J connectivity index is 1.69. The van der Waals surface area contributed by atoms with Gasteiger partial charge in [-0.05, 0) is 42.5 Å². The average molecular weight is 456 g/mol. The van der Waals surface area contributed by atoms with E-state index < -0.39 is 22.8 Å². The van der Waals surface area contributed by atoms with Crippen molar-refractivity contribution < 1.29 is 27.6 Å². The third-order valence-corrected chi connectivity index (χ3v) is 4.84. The number of hydrogen-bond donors (Lipinski definition) is 1. The van der Waals surface area contributed by atoms with Gasteiger partial charge in [-0.1, -0.05) is 12.1 Å². The van der Waals surface area contributed by atoms with E-state index in [0.29, 0.717) is 5.75 Å². The highest BCUT2D eigenvalue weighted by Crippen LogP contribution is 2.35. The number of ether oxygens (including phenoxy) is 1. The van der Waals surface area contributed by atoms with Crippen molar-refractivity contribution >= 4 is 28.3 Å². The number of anilines is 1. The number of fused-ring (bicyclic) bond motifs is 1. The van der Waals surface area contributed by atoms with Crippen LogP contribution in [0.5, 0.6) is 5.75 Å². The van der Waals surface area contributed by atoms with E-state index in [4.69, 9.17) is 4.74 Å². The van der Waals surface area contributed by atoms with Gasteiger partial charge in [-0.25, -0.2) is 4.98 Å². The van der Waals surface area contributed by atoms with Crippen LogP contribution in [0.4, 0.5) is 24.5 Å². The standard InChI is InChI=1S/C22H15F3N4O4/c1-33-15-10-11-19-17(12-15)27-21(22(23,24)25)28(19)14-8-6-13(7-9-14)26-20(30)16-4-2-3-5-18(16)29(31)32/h2-12H,1H3,(H,26,30). The zero-order valence-electron chi connectivity index (χ0n) is 17.0. The molecule has 0 aliphatic rings. The van der Waals surface area contributed by atoms with Crippen molar-refractivity contribution in [2.45, 2.75) is 6.18 Å². The van der Waals surface area contributed by atoms with E-state index >= 15 is 0 Å². The van der Waals surface area contributed by atoms with Crippen LogP contribution in [0.25, 0.3) is 16.7 Å². The SMILES string of the molecule is COc1ccc2c(c1)nc(C(F)(F)F)n2-c1ccc(NC(=O)c2ccccc2[N+](=O)[O-])cc1. The minimum Gasteiger partial charge on any atom is -0.497 e. The predicted octanol–water partition coefficient (Wildman–Crippen LogP) is 5.21. The first-order valence-electron chi connectivity index (χ1n) is 9.48. The van der Waals surface area contributed by atoms with Crippen molar-refractivity contribution in [3.8, 4) is 11.4 Å². The number of carbonyl (C=O) groups excluding carboxylic acids is 1. The number of nitrogens with one attached hydrogen (secondary N) is 1. The smallest absolute Gasteiger partial charge is 0.450 e. The molecule has 3 aromatic carbocycles. The van der Waals surface area contributed by atoms with E-state index in [0.717, 1.165) is 4.57 Å². The van der Waals surface area contributed by atoms with Crippen LogP contribution in [-0.2, 0) is 6.18 Å². The van der Waals surface area contributed by atoms with Crippen molar-refractivity contribution in [2.24, 2.45) is 0 Å². The summed E-state index contributed by atoms with van der Waals surface area (Å²) in [6, 6.07) is 15.4. The molecule has 0 bridgehead atoms. The first kappa shape index (κ1) is 21.8. The second kappa shape index (κ2) is 8.26. The molecule has 8 nitrogen and oxygen atoms in total. The van der Waals surface area contributed by atoms with Crippen LogP contribution in [0.2, 0.25) is 0 Å². The molecule has 4 rings (SSSR count). The fourth-order valence-electron chi connectivity index (χ4n) is 3.36. The molecule has 0 atom stereocenters. The highest BCUT2D eigenvalue weighted by Gasteiger charge is 2.38. The normalized spacial score (nSPS) is 11.4. The first-order chi connectivity index (χ1) is 15.7. The molecule has 11 heteroatoms. The lowest BCUT2D eigenvalue weighted by Crippen LogP contribution is -2.15. The Kier molecular flexibility index (Phi) is 5.46. The summed E-state index contributed by atoms with van der Waals surface area (Å²) in [5.74, 6) is -1.46. The van der Waals surface area contributed by atoms with E-state index in [1.54, 1.807) is 0 Å². The molecule has 1 amide bonds. The zero-order valence-corrected chi connectivity index (χ0v) is 17.0. The molecule has 0 fully saturated rings.